The Morgan fingerprint density at radius 2 is 2.17 bits per heavy atom. The van der Waals surface area contributed by atoms with Crippen molar-refractivity contribution in [2.75, 3.05) is 26.2 Å². The van der Waals surface area contributed by atoms with Crippen LogP contribution in [0.1, 0.15) is 25.7 Å². The highest BCUT2D eigenvalue weighted by molar-refractivity contribution is 6.07. The number of imidazole rings is 1. The van der Waals surface area contributed by atoms with Crippen molar-refractivity contribution in [2.24, 2.45) is 7.05 Å². The number of imide groups is 1. The molecular formula is C15H22N6O3. The molecule has 2 aliphatic heterocycles. The van der Waals surface area contributed by atoms with E-state index in [1.807, 2.05) is 17.8 Å². The minimum Gasteiger partial charge on any atom is -0.336 e. The lowest BCUT2D eigenvalue weighted by Gasteiger charge is -2.37. The largest absolute Gasteiger partial charge is 0.336 e. The van der Waals surface area contributed by atoms with Crippen LogP contribution in [0.3, 0.4) is 0 Å². The van der Waals surface area contributed by atoms with Gasteiger partial charge < -0.3 is 19.7 Å². The van der Waals surface area contributed by atoms with Crippen LogP contribution in [0, 0.1) is 0 Å². The predicted octanol–water partition coefficient (Wildman–Crippen LogP) is -0.777. The Bertz CT molecular complexity index is 683. The number of aryl methyl sites for hydroxylation is 1. The lowest BCUT2D eigenvalue weighted by molar-refractivity contribution is -0.137. The third kappa shape index (κ3) is 2.64. The number of carbonyl (C=O) groups excluding carboxylic acids is 3. The fourth-order valence-corrected chi connectivity index (χ4v) is 3.12. The smallest absolute Gasteiger partial charge is 0.325 e. The van der Waals surface area contributed by atoms with E-state index in [9.17, 15) is 14.4 Å². The van der Waals surface area contributed by atoms with Crippen LogP contribution in [0.2, 0.25) is 0 Å². The second kappa shape index (κ2) is 5.90. The summed E-state index contributed by atoms with van der Waals surface area (Å²) in [4.78, 5) is 44.0. The van der Waals surface area contributed by atoms with Crippen LogP contribution in [0.15, 0.2) is 12.4 Å². The van der Waals surface area contributed by atoms with Gasteiger partial charge in [-0.25, -0.2) is 9.78 Å². The van der Waals surface area contributed by atoms with Gasteiger partial charge in [-0.2, -0.15) is 0 Å². The second-order valence-corrected chi connectivity index (χ2v) is 6.61. The first-order chi connectivity index (χ1) is 11.3. The minimum atomic E-state index is -1.03. The Morgan fingerprint density at radius 3 is 2.75 bits per heavy atom. The van der Waals surface area contributed by atoms with Crippen molar-refractivity contribution in [3.63, 3.8) is 0 Å². The number of aromatic nitrogens is 2. The molecule has 0 aliphatic carbocycles. The van der Waals surface area contributed by atoms with E-state index in [4.69, 9.17) is 0 Å². The van der Waals surface area contributed by atoms with Crippen LogP contribution in [0.25, 0.3) is 0 Å². The molecule has 9 nitrogen and oxygen atoms in total. The Kier molecular flexibility index (Phi) is 4.04. The molecule has 0 aromatic carbocycles. The number of piperazine rings is 1. The molecule has 130 valence electrons. The molecule has 1 atom stereocenters. The molecule has 0 bridgehead atoms. The number of hydrogen-bond donors (Lipinski definition) is 2. The molecule has 3 heterocycles. The third-order valence-corrected chi connectivity index (χ3v) is 4.71. The van der Waals surface area contributed by atoms with Crippen LogP contribution in [-0.4, -0.2) is 68.9 Å². The summed E-state index contributed by atoms with van der Waals surface area (Å²) in [5.41, 5.74) is -1.03. The molecule has 2 fully saturated rings. The van der Waals surface area contributed by atoms with E-state index >= 15 is 0 Å². The summed E-state index contributed by atoms with van der Waals surface area (Å²) in [6.45, 7) is 4.95. The summed E-state index contributed by atoms with van der Waals surface area (Å²) in [7, 11) is 1.88. The van der Waals surface area contributed by atoms with Gasteiger partial charge in [0.15, 0.2) is 0 Å². The molecule has 1 aromatic rings. The maximum atomic E-state index is 12.8. The van der Waals surface area contributed by atoms with Crippen molar-refractivity contribution < 1.29 is 14.4 Å². The van der Waals surface area contributed by atoms with Crippen molar-refractivity contribution in [1.29, 1.82) is 0 Å². The zero-order valence-corrected chi connectivity index (χ0v) is 14.1. The van der Waals surface area contributed by atoms with Gasteiger partial charge in [-0.1, -0.05) is 0 Å². The van der Waals surface area contributed by atoms with Gasteiger partial charge in [0, 0.05) is 39.1 Å². The van der Waals surface area contributed by atoms with Crippen LogP contribution < -0.4 is 10.6 Å². The molecule has 24 heavy (non-hydrogen) atoms. The molecule has 0 radical (unpaired) electrons. The van der Waals surface area contributed by atoms with Crippen LogP contribution in [0.5, 0.6) is 0 Å². The lowest BCUT2D eigenvalue weighted by Crippen LogP contribution is -2.54. The molecule has 0 saturated carbocycles. The lowest BCUT2D eigenvalue weighted by atomic mass is 10.0. The van der Waals surface area contributed by atoms with E-state index in [-0.39, 0.29) is 24.4 Å². The fourth-order valence-electron chi connectivity index (χ4n) is 3.12. The number of rotatable bonds is 3. The van der Waals surface area contributed by atoms with Crippen LogP contribution in [0.4, 0.5) is 4.79 Å². The van der Waals surface area contributed by atoms with Crippen molar-refractivity contribution in [3.05, 3.63) is 18.2 Å². The summed E-state index contributed by atoms with van der Waals surface area (Å²) in [5.74, 6) is 0.209. The van der Waals surface area contributed by atoms with E-state index in [0.29, 0.717) is 19.6 Å². The van der Waals surface area contributed by atoms with Crippen molar-refractivity contribution in [3.8, 4) is 0 Å². The number of urea groups is 1. The van der Waals surface area contributed by atoms with E-state index in [0.717, 1.165) is 5.82 Å². The number of nitrogens with zero attached hydrogens (tertiary/aromatic N) is 4. The topological polar surface area (TPSA) is 99.6 Å². The van der Waals surface area contributed by atoms with E-state index < -0.39 is 11.6 Å². The minimum absolute atomic E-state index is 0.133. The summed E-state index contributed by atoms with van der Waals surface area (Å²) >= 11 is 0. The molecule has 3 rings (SSSR count). The average Bonchev–Trinajstić information content (AvgIpc) is 3.04. The van der Waals surface area contributed by atoms with Crippen LogP contribution in [-0.2, 0) is 16.6 Å². The van der Waals surface area contributed by atoms with Gasteiger partial charge in [-0.15, -0.1) is 0 Å². The van der Waals surface area contributed by atoms with Crippen molar-refractivity contribution in [1.82, 2.24) is 30.0 Å². The van der Waals surface area contributed by atoms with Crippen LogP contribution >= 0.6 is 0 Å². The summed E-state index contributed by atoms with van der Waals surface area (Å²) in [6.07, 6.45) is 3.53. The van der Waals surface area contributed by atoms with E-state index in [1.165, 1.54) is 4.90 Å². The molecule has 2 aliphatic rings. The van der Waals surface area contributed by atoms with Gasteiger partial charge in [0.2, 0.25) is 5.91 Å². The summed E-state index contributed by atoms with van der Waals surface area (Å²) in [6, 6.07) is -0.724. The molecular weight excluding hydrogens is 312 g/mol. The maximum absolute atomic E-state index is 12.8. The quantitative estimate of drug-likeness (QED) is 0.707. The number of hydrogen-bond acceptors (Lipinski definition) is 5. The highest BCUT2D eigenvalue weighted by atomic mass is 16.2. The summed E-state index contributed by atoms with van der Waals surface area (Å²) < 4.78 is 1.88. The van der Waals surface area contributed by atoms with E-state index in [1.54, 1.807) is 24.9 Å². The standard InChI is InChI=1S/C15H22N6O3/c1-15(2)13(23)18-14(24)21(15)9-11(22)20-7-4-16-8-10(20)12-17-5-6-19(12)3/h5-6,10,16H,4,7-9H2,1-3H3,(H,18,23,24). The highest BCUT2D eigenvalue weighted by Crippen LogP contribution is 2.24. The zero-order chi connectivity index (χ0) is 17.5. The Hall–Kier alpha value is -2.42. The van der Waals surface area contributed by atoms with Crippen molar-refractivity contribution >= 4 is 17.8 Å². The number of carbonyl (C=O) groups is 3. The molecule has 1 aromatic heterocycles. The van der Waals surface area contributed by atoms with Gasteiger partial charge in [0.1, 0.15) is 23.9 Å². The van der Waals surface area contributed by atoms with Gasteiger partial charge in [0.05, 0.1) is 0 Å². The zero-order valence-electron chi connectivity index (χ0n) is 14.1. The SMILES string of the molecule is Cn1ccnc1C1CNCCN1C(=O)CN1C(=O)NC(=O)C1(C)C. The molecule has 0 spiro atoms. The molecule has 1 unspecified atom stereocenters. The number of nitrogens with one attached hydrogen (secondary N) is 2. The fraction of sp³-hybridized carbons (Fsp3) is 0.600. The van der Waals surface area contributed by atoms with Gasteiger partial charge in [0.25, 0.3) is 5.91 Å². The first-order valence-corrected chi connectivity index (χ1v) is 7.93. The average molecular weight is 334 g/mol. The van der Waals surface area contributed by atoms with Gasteiger partial charge >= 0.3 is 6.03 Å². The third-order valence-electron chi connectivity index (χ3n) is 4.71. The number of amides is 4. The molecule has 4 amide bonds. The molecule has 2 saturated heterocycles. The maximum Gasteiger partial charge on any atom is 0.325 e. The Labute approximate surface area is 140 Å². The van der Waals surface area contributed by atoms with E-state index in [2.05, 4.69) is 15.6 Å². The second-order valence-electron chi connectivity index (χ2n) is 6.61. The highest BCUT2D eigenvalue weighted by Gasteiger charge is 2.47. The molecule has 2 N–H and O–H groups in total. The van der Waals surface area contributed by atoms with Crippen molar-refractivity contribution in [2.45, 2.75) is 25.4 Å². The van der Waals surface area contributed by atoms with Gasteiger partial charge in [-0.05, 0) is 13.8 Å². The first-order valence-electron chi connectivity index (χ1n) is 7.93. The van der Waals surface area contributed by atoms with Gasteiger partial charge in [-0.3, -0.25) is 14.9 Å². The predicted molar refractivity (Wildman–Crippen MR) is 84.9 cm³/mol. The Morgan fingerprint density at radius 1 is 1.42 bits per heavy atom. The first kappa shape index (κ1) is 16.4. The normalized spacial score (nSPS) is 23.5. The Balaban J connectivity index is 1.79. The monoisotopic (exact) mass is 334 g/mol. The summed E-state index contributed by atoms with van der Waals surface area (Å²) in [5, 5.41) is 5.53. The molecule has 9 heteroatoms.